The number of carbonyl (C=O) groups is 2. The van der Waals surface area contributed by atoms with Gasteiger partial charge in [-0.05, 0) is 68.1 Å². The van der Waals surface area contributed by atoms with Gasteiger partial charge in [-0.25, -0.2) is 12.7 Å². The molecular weight excluding hydrogens is 428 g/mol. The molecule has 1 fully saturated rings. The first-order valence-electron chi connectivity index (χ1n) is 10.5. The van der Waals surface area contributed by atoms with Crippen LogP contribution in [0.25, 0.3) is 0 Å². The highest BCUT2D eigenvalue weighted by molar-refractivity contribution is 7.89. The van der Waals surface area contributed by atoms with Crippen molar-refractivity contribution in [1.29, 1.82) is 0 Å². The molecular formula is C23H30N4O4S. The van der Waals surface area contributed by atoms with Gasteiger partial charge in [0.25, 0.3) is 5.91 Å². The van der Waals surface area contributed by atoms with Crippen molar-refractivity contribution in [3.8, 4) is 0 Å². The van der Waals surface area contributed by atoms with Gasteiger partial charge in [-0.1, -0.05) is 18.2 Å². The van der Waals surface area contributed by atoms with Gasteiger partial charge in [-0.2, -0.15) is 0 Å². The van der Waals surface area contributed by atoms with E-state index in [0.29, 0.717) is 23.4 Å². The maximum Gasteiger partial charge on any atom is 0.255 e. The average Bonchev–Trinajstić information content (AvgIpc) is 3.19. The lowest BCUT2D eigenvalue weighted by Gasteiger charge is -2.23. The van der Waals surface area contributed by atoms with Crippen LogP contribution in [0.3, 0.4) is 0 Å². The molecule has 0 bridgehead atoms. The van der Waals surface area contributed by atoms with Crippen molar-refractivity contribution < 1.29 is 18.0 Å². The average molecular weight is 459 g/mol. The maximum absolute atomic E-state index is 13.1. The molecule has 3 rings (SSSR count). The minimum atomic E-state index is -3.69. The molecule has 1 unspecified atom stereocenters. The van der Waals surface area contributed by atoms with Gasteiger partial charge in [-0.3, -0.25) is 14.5 Å². The van der Waals surface area contributed by atoms with Gasteiger partial charge in [-0.15, -0.1) is 0 Å². The Bertz CT molecular complexity index is 1140. The van der Waals surface area contributed by atoms with Crippen molar-refractivity contribution in [2.75, 3.05) is 26.0 Å². The molecule has 0 aliphatic carbocycles. The number of rotatable bonds is 7. The molecule has 1 aliphatic heterocycles. The Hall–Kier alpha value is -2.75. The van der Waals surface area contributed by atoms with E-state index < -0.39 is 15.9 Å². The fourth-order valence-corrected chi connectivity index (χ4v) is 5.17. The molecule has 0 spiro atoms. The Labute approximate surface area is 189 Å². The van der Waals surface area contributed by atoms with Gasteiger partial charge >= 0.3 is 0 Å². The maximum atomic E-state index is 13.1. The Balaban J connectivity index is 1.89. The van der Waals surface area contributed by atoms with Crippen LogP contribution in [0.1, 0.15) is 39.9 Å². The van der Waals surface area contributed by atoms with E-state index in [2.05, 4.69) is 5.32 Å². The largest absolute Gasteiger partial charge is 0.368 e. The number of benzene rings is 2. The molecule has 3 N–H and O–H groups in total. The predicted molar refractivity (Wildman–Crippen MR) is 124 cm³/mol. The summed E-state index contributed by atoms with van der Waals surface area (Å²) in [5.74, 6) is -0.739. The van der Waals surface area contributed by atoms with E-state index in [1.54, 1.807) is 26.0 Å². The molecule has 1 heterocycles. The normalized spacial score (nSPS) is 17.0. The number of aryl methyl sites for hydroxylation is 1. The summed E-state index contributed by atoms with van der Waals surface area (Å²) < 4.78 is 26.6. The summed E-state index contributed by atoms with van der Waals surface area (Å²) in [6.45, 7) is 4.76. The molecule has 0 aromatic heterocycles. The van der Waals surface area contributed by atoms with Gasteiger partial charge in [0.2, 0.25) is 15.9 Å². The number of para-hydroxylation sites is 1. The first-order chi connectivity index (χ1) is 15.0. The summed E-state index contributed by atoms with van der Waals surface area (Å²) in [7, 11) is -0.768. The van der Waals surface area contributed by atoms with Gasteiger partial charge in [0.1, 0.15) is 0 Å². The molecule has 1 aliphatic rings. The third-order valence-electron chi connectivity index (χ3n) is 5.97. The molecule has 172 valence electrons. The third-order valence-corrected chi connectivity index (χ3v) is 7.91. The predicted octanol–water partition coefficient (Wildman–Crippen LogP) is 2.26. The minimum absolute atomic E-state index is 0.113. The number of likely N-dealkylation sites (tertiary alicyclic amines) is 1. The molecule has 2 amide bonds. The zero-order chi connectivity index (χ0) is 23.6. The van der Waals surface area contributed by atoms with Crippen molar-refractivity contribution in [3.05, 3.63) is 58.7 Å². The number of anilines is 1. The molecule has 8 nitrogen and oxygen atoms in total. The Kier molecular flexibility index (Phi) is 7.02. The molecule has 2 aromatic rings. The third kappa shape index (κ3) is 4.85. The standard InChI is InChI=1S/C23H30N4O4S/c1-15-12-18(13-21(16(15)2)32(30,31)26(3)4)23(29)25-19-9-6-5-8-17(19)14-27-11-7-10-20(27)22(24)28/h5-6,8-9,12-13,20H,7,10-11,14H2,1-4H3,(H2,24,28)(H,25,29). The molecule has 0 radical (unpaired) electrons. The van der Waals surface area contributed by atoms with Gasteiger partial charge in [0.15, 0.2) is 0 Å². The van der Waals surface area contributed by atoms with Crippen LogP contribution in [0, 0.1) is 13.8 Å². The fraction of sp³-hybridized carbons (Fsp3) is 0.391. The lowest BCUT2D eigenvalue weighted by Crippen LogP contribution is -2.39. The Morgan fingerprint density at radius 1 is 1.19 bits per heavy atom. The zero-order valence-corrected chi connectivity index (χ0v) is 19.7. The second-order valence-corrected chi connectivity index (χ2v) is 10.5. The molecule has 9 heteroatoms. The summed E-state index contributed by atoms with van der Waals surface area (Å²) >= 11 is 0. The lowest BCUT2D eigenvalue weighted by molar-refractivity contribution is -0.122. The first kappa shape index (κ1) is 23.9. The van der Waals surface area contributed by atoms with Crippen LogP contribution >= 0.6 is 0 Å². The van der Waals surface area contributed by atoms with Crippen LogP contribution in [0.15, 0.2) is 41.3 Å². The molecule has 0 saturated carbocycles. The monoisotopic (exact) mass is 458 g/mol. The summed E-state index contributed by atoms with van der Waals surface area (Å²) in [4.78, 5) is 26.9. The topological polar surface area (TPSA) is 113 Å². The first-order valence-corrected chi connectivity index (χ1v) is 11.9. The number of amides is 2. The fourth-order valence-electron chi connectivity index (χ4n) is 3.95. The number of hydrogen-bond acceptors (Lipinski definition) is 5. The van der Waals surface area contributed by atoms with E-state index >= 15 is 0 Å². The minimum Gasteiger partial charge on any atom is -0.368 e. The van der Waals surface area contributed by atoms with Crippen LogP contribution in [-0.2, 0) is 21.4 Å². The second-order valence-electron chi connectivity index (χ2n) is 8.35. The second kappa shape index (κ2) is 9.40. The van der Waals surface area contributed by atoms with Crippen molar-refractivity contribution in [1.82, 2.24) is 9.21 Å². The van der Waals surface area contributed by atoms with Crippen molar-refractivity contribution in [2.24, 2.45) is 5.73 Å². The number of hydrogen-bond donors (Lipinski definition) is 2. The van der Waals surface area contributed by atoms with E-state index in [1.165, 1.54) is 20.2 Å². The molecule has 2 aromatic carbocycles. The Morgan fingerprint density at radius 3 is 2.53 bits per heavy atom. The number of nitrogens with zero attached hydrogens (tertiary/aromatic N) is 2. The summed E-state index contributed by atoms with van der Waals surface area (Å²) in [6.07, 6.45) is 1.63. The number of nitrogens with one attached hydrogen (secondary N) is 1. The Morgan fingerprint density at radius 2 is 1.88 bits per heavy atom. The smallest absolute Gasteiger partial charge is 0.255 e. The van der Waals surface area contributed by atoms with Crippen LogP contribution in [-0.4, -0.2) is 56.1 Å². The highest BCUT2D eigenvalue weighted by Gasteiger charge is 2.29. The van der Waals surface area contributed by atoms with Crippen molar-refractivity contribution >= 4 is 27.5 Å². The van der Waals surface area contributed by atoms with E-state index in [9.17, 15) is 18.0 Å². The van der Waals surface area contributed by atoms with Crippen molar-refractivity contribution in [2.45, 2.75) is 44.2 Å². The highest BCUT2D eigenvalue weighted by atomic mass is 32.2. The number of primary amides is 1. The number of carbonyl (C=O) groups excluding carboxylic acids is 2. The van der Waals surface area contributed by atoms with E-state index in [0.717, 1.165) is 29.3 Å². The van der Waals surface area contributed by atoms with Crippen LogP contribution in [0.2, 0.25) is 0 Å². The zero-order valence-electron chi connectivity index (χ0n) is 18.9. The van der Waals surface area contributed by atoms with Gasteiger partial charge in [0.05, 0.1) is 10.9 Å². The molecule has 1 atom stereocenters. The van der Waals surface area contributed by atoms with Crippen molar-refractivity contribution in [3.63, 3.8) is 0 Å². The number of sulfonamides is 1. The van der Waals surface area contributed by atoms with E-state index in [-0.39, 0.29) is 22.4 Å². The van der Waals surface area contributed by atoms with E-state index in [4.69, 9.17) is 5.73 Å². The SMILES string of the molecule is Cc1cc(C(=O)Nc2ccccc2CN2CCCC2C(N)=O)cc(S(=O)(=O)N(C)C)c1C. The van der Waals surface area contributed by atoms with Gasteiger partial charge < -0.3 is 11.1 Å². The summed E-state index contributed by atoms with van der Waals surface area (Å²) in [5.41, 5.74) is 8.60. The van der Waals surface area contributed by atoms with Crippen LogP contribution in [0.4, 0.5) is 5.69 Å². The molecule has 32 heavy (non-hydrogen) atoms. The molecule has 1 saturated heterocycles. The quantitative estimate of drug-likeness (QED) is 0.661. The summed E-state index contributed by atoms with van der Waals surface area (Å²) in [6, 6.07) is 10.2. The van der Waals surface area contributed by atoms with Gasteiger partial charge in [0, 0.05) is 31.9 Å². The van der Waals surface area contributed by atoms with E-state index in [1.807, 2.05) is 23.1 Å². The highest BCUT2D eigenvalue weighted by Crippen LogP contribution is 2.26. The van der Waals surface area contributed by atoms with Crippen LogP contribution < -0.4 is 11.1 Å². The summed E-state index contributed by atoms with van der Waals surface area (Å²) in [5, 5.41) is 2.91. The van der Waals surface area contributed by atoms with Crippen LogP contribution in [0.5, 0.6) is 0 Å². The lowest BCUT2D eigenvalue weighted by atomic mass is 10.1. The number of nitrogens with two attached hydrogens (primary N) is 1.